The Labute approximate surface area is 156 Å². The van der Waals surface area contributed by atoms with Gasteiger partial charge in [0.05, 0.1) is 12.1 Å². The first kappa shape index (κ1) is 20.5. The van der Waals surface area contributed by atoms with E-state index in [0.29, 0.717) is 13.2 Å². The predicted molar refractivity (Wildman–Crippen MR) is 98.5 cm³/mol. The minimum absolute atomic E-state index is 0.0466. The summed E-state index contributed by atoms with van der Waals surface area (Å²) < 4.78 is 43.6. The molecule has 144 valence electrons. The standard InChI is InChI=1S/C20H21F3N2O2/c1-3-11-27-18-9-7-15(8-10-18)13-25(2)14-19(26)24-17-6-4-5-16(12-17)20(21,22)23/h3-10,12H,1,11,13-14H2,2H3,(H,24,26). The summed E-state index contributed by atoms with van der Waals surface area (Å²) in [6.07, 6.45) is -2.79. The van der Waals surface area contributed by atoms with Crippen molar-refractivity contribution in [1.29, 1.82) is 0 Å². The normalized spacial score (nSPS) is 11.3. The number of halogens is 3. The molecule has 0 bridgehead atoms. The molecule has 0 aliphatic heterocycles. The molecule has 0 fully saturated rings. The van der Waals surface area contributed by atoms with Gasteiger partial charge in [0, 0.05) is 12.2 Å². The number of anilines is 1. The zero-order chi connectivity index (χ0) is 19.9. The Balaban J connectivity index is 1.87. The number of carbonyl (C=O) groups excluding carboxylic acids is 1. The first-order chi connectivity index (χ1) is 12.8. The lowest BCUT2D eigenvalue weighted by Crippen LogP contribution is -2.29. The Hall–Kier alpha value is -2.80. The van der Waals surface area contributed by atoms with Crippen molar-refractivity contribution in [1.82, 2.24) is 4.90 Å². The van der Waals surface area contributed by atoms with E-state index in [1.807, 2.05) is 24.3 Å². The fourth-order valence-corrected chi connectivity index (χ4v) is 2.43. The van der Waals surface area contributed by atoms with Gasteiger partial charge in [0.1, 0.15) is 12.4 Å². The van der Waals surface area contributed by atoms with Crippen LogP contribution in [0.25, 0.3) is 0 Å². The quantitative estimate of drug-likeness (QED) is 0.695. The molecule has 0 aliphatic rings. The first-order valence-corrected chi connectivity index (χ1v) is 8.26. The van der Waals surface area contributed by atoms with Crippen LogP contribution in [0.4, 0.5) is 18.9 Å². The lowest BCUT2D eigenvalue weighted by atomic mass is 10.2. The number of hydrogen-bond donors (Lipinski definition) is 1. The molecule has 0 radical (unpaired) electrons. The first-order valence-electron chi connectivity index (χ1n) is 8.26. The van der Waals surface area contributed by atoms with Crippen molar-refractivity contribution < 1.29 is 22.7 Å². The zero-order valence-corrected chi connectivity index (χ0v) is 14.9. The third-order valence-corrected chi connectivity index (χ3v) is 3.63. The molecule has 1 N–H and O–H groups in total. The van der Waals surface area contributed by atoms with Gasteiger partial charge in [0.2, 0.25) is 5.91 Å². The van der Waals surface area contributed by atoms with Gasteiger partial charge < -0.3 is 10.1 Å². The summed E-state index contributed by atoms with van der Waals surface area (Å²) >= 11 is 0. The molecule has 27 heavy (non-hydrogen) atoms. The maximum atomic E-state index is 12.7. The third-order valence-electron chi connectivity index (χ3n) is 3.63. The molecule has 2 rings (SSSR count). The van der Waals surface area contributed by atoms with Gasteiger partial charge in [-0.05, 0) is 42.9 Å². The fraction of sp³-hybridized carbons (Fsp3) is 0.250. The second kappa shape index (κ2) is 9.23. The number of alkyl halides is 3. The Morgan fingerprint density at radius 2 is 1.93 bits per heavy atom. The number of likely N-dealkylation sites (N-methyl/N-ethyl adjacent to an activating group) is 1. The maximum Gasteiger partial charge on any atom is 0.416 e. The monoisotopic (exact) mass is 378 g/mol. The predicted octanol–water partition coefficient (Wildman–Crippen LogP) is 4.34. The van der Waals surface area contributed by atoms with Crippen molar-refractivity contribution in [2.75, 3.05) is 25.5 Å². The Morgan fingerprint density at radius 1 is 1.22 bits per heavy atom. The lowest BCUT2D eigenvalue weighted by Gasteiger charge is -2.17. The number of ether oxygens (including phenoxy) is 1. The molecule has 7 heteroatoms. The van der Waals surface area contributed by atoms with Crippen molar-refractivity contribution in [3.8, 4) is 5.75 Å². The van der Waals surface area contributed by atoms with Gasteiger partial charge in [-0.15, -0.1) is 0 Å². The van der Waals surface area contributed by atoms with Crippen molar-refractivity contribution in [2.24, 2.45) is 0 Å². The average Bonchev–Trinajstić information content (AvgIpc) is 2.60. The van der Waals surface area contributed by atoms with Crippen LogP contribution in [-0.2, 0) is 17.5 Å². The molecule has 0 unspecified atom stereocenters. The second-order valence-electron chi connectivity index (χ2n) is 6.04. The Kier molecular flexibility index (Phi) is 7.01. The molecular weight excluding hydrogens is 357 g/mol. The minimum Gasteiger partial charge on any atom is -0.490 e. The van der Waals surface area contributed by atoms with E-state index >= 15 is 0 Å². The maximum absolute atomic E-state index is 12.7. The highest BCUT2D eigenvalue weighted by atomic mass is 19.4. The van der Waals surface area contributed by atoms with Crippen LogP contribution in [0, 0.1) is 0 Å². The molecule has 0 saturated carbocycles. The van der Waals surface area contributed by atoms with Gasteiger partial charge in [-0.2, -0.15) is 13.2 Å². The number of hydrogen-bond acceptors (Lipinski definition) is 3. The van der Waals surface area contributed by atoms with Crippen LogP contribution < -0.4 is 10.1 Å². The molecule has 0 saturated heterocycles. The molecule has 0 atom stereocenters. The second-order valence-corrected chi connectivity index (χ2v) is 6.04. The Bertz CT molecular complexity index is 774. The lowest BCUT2D eigenvalue weighted by molar-refractivity contribution is -0.137. The molecule has 0 aromatic heterocycles. The number of rotatable bonds is 8. The zero-order valence-electron chi connectivity index (χ0n) is 14.9. The summed E-state index contributed by atoms with van der Waals surface area (Å²) in [5.74, 6) is 0.339. The van der Waals surface area contributed by atoms with Gasteiger partial charge in [0.15, 0.2) is 0 Å². The van der Waals surface area contributed by atoms with Crippen LogP contribution in [-0.4, -0.2) is 31.0 Å². The highest BCUT2D eigenvalue weighted by Crippen LogP contribution is 2.30. The molecule has 0 spiro atoms. The van der Waals surface area contributed by atoms with Gasteiger partial charge in [0.25, 0.3) is 0 Å². The highest BCUT2D eigenvalue weighted by Gasteiger charge is 2.30. The SMILES string of the molecule is C=CCOc1ccc(CN(C)CC(=O)Nc2cccc(C(F)(F)F)c2)cc1. The van der Waals surface area contributed by atoms with Crippen LogP contribution in [0.15, 0.2) is 61.2 Å². The van der Waals surface area contributed by atoms with Gasteiger partial charge >= 0.3 is 6.18 Å². The highest BCUT2D eigenvalue weighted by molar-refractivity contribution is 5.92. The van der Waals surface area contributed by atoms with E-state index in [-0.39, 0.29) is 18.1 Å². The van der Waals surface area contributed by atoms with E-state index in [1.54, 1.807) is 18.0 Å². The molecule has 2 aromatic rings. The molecule has 1 amide bonds. The number of nitrogens with one attached hydrogen (secondary N) is 1. The summed E-state index contributed by atoms with van der Waals surface area (Å²) in [5.41, 5.74) is 0.301. The van der Waals surface area contributed by atoms with Crippen LogP contribution in [0.3, 0.4) is 0 Å². The molecule has 4 nitrogen and oxygen atoms in total. The largest absolute Gasteiger partial charge is 0.490 e. The van der Waals surface area contributed by atoms with Crippen molar-refractivity contribution in [3.63, 3.8) is 0 Å². The van der Waals surface area contributed by atoms with Gasteiger partial charge in [-0.1, -0.05) is 30.9 Å². The van der Waals surface area contributed by atoms with E-state index in [0.717, 1.165) is 23.4 Å². The van der Waals surface area contributed by atoms with Gasteiger partial charge in [-0.25, -0.2) is 0 Å². The van der Waals surface area contributed by atoms with Crippen LogP contribution in [0.2, 0.25) is 0 Å². The van der Waals surface area contributed by atoms with Crippen LogP contribution in [0.1, 0.15) is 11.1 Å². The molecule has 0 heterocycles. The topological polar surface area (TPSA) is 41.6 Å². The van der Waals surface area contributed by atoms with Crippen molar-refractivity contribution in [2.45, 2.75) is 12.7 Å². The third kappa shape index (κ3) is 6.79. The van der Waals surface area contributed by atoms with Crippen molar-refractivity contribution in [3.05, 3.63) is 72.3 Å². The molecular formula is C20H21F3N2O2. The number of nitrogens with zero attached hydrogens (tertiary/aromatic N) is 1. The number of amides is 1. The number of benzene rings is 2. The average molecular weight is 378 g/mol. The summed E-state index contributed by atoms with van der Waals surface area (Å²) in [5, 5.41) is 2.49. The van der Waals surface area contributed by atoms with Crippen LogP contribution >= 0.6 is 0 Å². The van der Waals surface area contributed by atoms with E-state index < -0.39 is 11.7 Å². The summed E-state index contributed by atoms with van der Waals surface area (Å²) in [6, 6.07) is 12.0. The molecule has 2 aromatic carbocycles. The summed E-state index contributed by atoms with van der Waals surface area (Å²) in [7, 11) is 1.76. The fourth-order valence-electron chi connectivity index (χ4n) is 2.43. The van der Waals surface area contributed by atoms with Gasteiger partial charge in [-0.3, -0.25) is 9.69 Å². The minimum atomic E-state index is -4.45. The van der Waals surface area contributed by atoms with E-state index in [4.69, 9.17) is 4.74 Å². The van der Waals surface area contributed by atoms with Crippen molar-refractivity contribution >= 4 is 11.6 Å². The van der Waals surface area contributed by atoms with E-state index in [2.05, 4.69) is 11.9 Å². The smallest absolute Gasteiger partial charge is 0.416 e. The Morgan fingerprint density at radius 3 is 2.56 bits per heavy atom. The number of carbonyl (C=O) groups is 1. The van der Waals surface area contributed by atoms with E-state index in [1.165, 1.54) is 12.1 Å². The summed E-state index contributed by atoms with van der Waals surface area (Å²) in [4.78, 5) is 13.8. The molecule has 0 aliphatic carbocycles. The van der Waals surface area contributed by atoms with Crippen LogP contribution in [0.5, 0.6) is 5.75 Å². The van der Waals surface area contributed by atoms with E-state index in [9.17, 15) is 18.0 Å². The summed E-state index contributed by atoms with van der Waals surface area (Å²) in [6.45, 7) is 4.57.